The number of ether oxygens (including phenoxy) is 1. The lowest BCUT2D eigenvalue weighted by molar-refractivity contribution is -0.137. The van der Waals surface area contributed by atoms with Crippen LogP contribution in [0.15, 0.2) is 41.9 Å². The van der Waals surface area contributed by atoms with Crippen molar-refractivity contribution in [3.8, 4) is 5.75 Å². The molecule has 2 N–H and O–H groups in total. The summed E-state index contributed by atoms with van der Waals surface area (Å²) < 4.78 is 46.3. The summed E-state index contributed by atoms with van der Waals surface area (Å²) in [5.41, 5.74) is -0.722. The van der Waals surface area contributed by atoms with E-state index in [0.717, 1.165) is 38.1 Å². The minimum absolute atomic E-state index is 0. The number of nitrogens with zero attached hydrogens (tertiary/aromatic N) is 4. The van der Waals surface area contributed by atoms with Gasteiger partial charge >= 0.3 is 6.18 Å². The summed E-state index contributed by atoms with van der Waals surface area (Å²) in [6.45, 7) is 6.53. The van der Waals surface area contributed by atoms with E-state index >= 15 is 0 Å². The van der Waals surface area contributed by atoms with Crippen molar-refractivity contribution in [2.24, 2.45) is 4.99 Å². The number of halogens is 4. The van der Waals surface area contributed by atoms with Gasteiger partial charge in [-0.2, -0.15) is 13.2 Å². The Hall–Kier alpha value is -2.05. The first kappa shape index (κ1) is 27.0. The molecule has 1 atom stereocenters. The molecule has 0 saturated heterocycles. The first-order valence-electron chi connectivity index (χ1n) is 10.1. The van der Waals surface area contributed by atoms with E-state index in [1.54, 1.807) is 12.7 Å². The fraction of sp³-hybridized carbons (Fsp3) is 0.550. The lowest BCUT2D eigenvalue weighted by atomic mass is 10.2. The van der Waals surface area contributed by atoms with Crippen LogP contribution >= 0.6 is 24.0 Å². The first-order chi connectivity index (χ1) is 14.4. The average Bonchev–Trinajstić information content (AvgIpc) is 3.23. The van der Waals surface area contributed by atoms with E-state index in [1.165, 1.54) is 12.1 Å². The van der Waals surface area contributed by atoms with Crippen LogP contribution in [0.5, 0.6) is 5.75 Å². The van der Waals surface area contributed by atoms with Gasteiger partial charge in [0.2, 0.25) is 0 Å². The van der Waals surface area contributed by atoms with E-state index in [4.69, 9.17) is 4.74 Å². The van der Waals surface area contributed by atoms with Gasteiger partial charge in [0.1, 0.15) is 24.5 Å². The third kappa shape index (κ3) is 10.2. The van der Waals surface area contributed by atoms with E-state index in [9.17, 15) is 13.2 Å². The number of unbranched alkanes of at least 4 members (excludes halogenated alkanes) is 1. The van der Waals surface area contributed by atoms with Crippen molar-refractivity contribution in [3.63, 3.8) is 0 Å². The Morgan fingerprint density at radius 3 is 2.55 bits per heavy atom. The van der Waals surface area contributed by atoms with E-state index < -0.39 is 11.7 Å². The highest BCUT2D eigenvalue weighted by Gasteiger charge is 2.30. The molecule has 174 valence electrons. The molecular formula is C20H30F3IN6O. The van der Waals surface area contributed by atoms with Crippen molar-refractivity contribution in [1.29, 1.82) is 0 Å². The number of aromatic nitrogens is 3. The van der Waals surface area contributed by atoms with E-state index in [1.807, 2.05) is 18.4 Å². The molecule has 0 spiro atoms. The normalized spacial score (nSPS) is 12.7. The van der Waals surface area contributed by atoms with E-state index in [-0.39, 0.29) is 35.8 Å². The number of hydrogen-bond acceptors (Lipinski definition) is 4. The molecule has 0 amide bonds. The van der Waals surface area contributed by atoms with E-state index in [2.05, 4.69) is 25.8 Å². The molecule has 0 radical (unpaired) electrons. The van der Waals surface area contributed by atoms with Gasteiger partial charge in [0.15, 0.2) is 5.96 Å². The molecule has 1 heterocycles. The van der Waals surface area contributed by atoms with Crippen LogP contribution in [0.4, 0.5) is 13.2 Å². The van der Waals surface area contributed by atoms with E-state index in [0.29, 0.717) is 25.5 Å². The zero-order chi connectivity index (χ0) is 21.8. The van der Waals surface area contributed by atoms with Crippen molar-refractivity contribution in [2.75, 3.05) is 19.6 Å². The zero-order valence-electron chi connectivity index (χ0n) is 17.7. The smallest absolute Gasteiger partial charge is 0.416 e. The predicted octanol–water partition coefficient (Wildman–Crippen LogP) is 4.11. The van der Waals surface area contributed by atoms with Crippen LogP contribution in [-0.4, -0.2) is 46.5 Å². The highest BCUT2D eigenvalue weighted by Crippen LogP contribution is 2.31. The summed E-state index contributed by atoms with van der Waals surface area (Å²) >= 11 is 0. The lowest BCUT2D eigenvalue weighted by Gasteiger charge is -2.18. The molecule has 2 aromatic rings. The Labute approximate surface area is 197 Å². The Bertz CT molecular complexity index is 771. The van der Waals surface area contributed by atoms with Crippen molar-refractivity contribution >= 4 is 29.9 Å². The minimum atomic E-state index is -4.39. The molecule has 2 rings (SSSR count). The SMILES string of the molecule is CCNC(=NCC(CC)Oc1cccc(C(F)(F)F)c1)NCCCCn1cnnc1.I. The average molecular weight is 554 g/mol. The molecule has 0 fully saturated rings. The number of guanidine groups is 1. The monoisotopic (exact) mass is 554 g/mol. The van der Waals surface area contributed by atoms with Crippen LogP contribution < -0.4 is 15.4 Å². The highest BCUT2D eigenvalue weighted by molar-refractivity contribution is 14.0. The molecule has 0 saturated carbocycles. The standard InChI is InChI=1S/C20H29F3N6O.HI/c1-3-17(30-18-9-7-8-16(12-18)20(21,22)23)13-26-19(24-4-2)25-10-5-6-11-29-14-27-28-15-29;/h7-9,12,14-15,17H,3-6,10-11,13H2,1-2H3,(H2,24,25,26);1H. The molecule has 0 aliphatic carbocycles. The first-order valence-corrected chi connectivity index (χ1v) is 10.1. The second-order valence-corrected chi connectivity index (χ2v) is 6.73. The molecule has 1 aromatic heterocycles. The summed E-state index contributed by atoms with van der Waals surface area (Å²) in [4.78, 5) is 4.52. The Morgan fingerprint density at radius 2 is 1.90 bits per heavy atom. The number of rotatable bonds is 11. The Balaban J connectivity index is 0.00000480. The molecule has 11 heteroatoms. The number of nitrogens with one attached hydrogen (secondary N) is 2. The van der Waals surface area contributed by atoms with Crippen molar-refractivity contribution in [3.05, 3.63) is 42.5 Å². The summed E-state index contributed by atoms with van der Waals surface area (Å²) in [5.74, 6) is 0.853. The van der Waals surface area contributed by atoms with Crippen LogP contribution in [-0.2, 0) is 12.7 Å². The van der Waals surface area contributed by atoms with Crippen molar-refractivity contribution in [1.82, 2.24) is 25.4 Å². The maximum atomic E-state index is 12.9. The van der Waals surface area contributed by atoms with Crippen molar-refractivity contribution in [2.45, 2.75) is 51.9 Å². The largest absolute Gasteiger partial charge is 0.488 e. The third-order valence-corrected chi connectivity index (χ3v) is 4.32. The minimum Gasteiger partial charge on any atom is -0.488 e. The maximum absolute atomic E-state index is 12.9. The van der Waals surface area contributed by atoms with Gasteiger partial charge in [0, 0.05) is 19.6 Å². The summed E-state index contributed by atoms with van der Waals surface area (Å²) in [6.07, 6.45) is 1.20. The second-order valence-electron chi connectivity index (χ2n) is 6.73. The number of hydrogen-bond donors (Lipinski definition) is 2. The zero-order valence-corrected chi connectivity index (χ0v) is 20.1. The molecular weight excluding hydrogens is 524 g/mol. The van der Waals surface area contributed by atoms with Gasteiger partial charge in [-0.25, -0.2) is 4.99 Å². The summed E-state index contributed by atoms with van der Waals surface area (Å²) in [6, 6.07) is 4.93. The predicted molar refractivity (Wildman–Crippen MR) is 125 cm³/mol. The van der Waals surface area contributed by atoms with Gasteiger partial charge in [-0.15, -0.1) is 34.2 Å². The molecule has 1 unspecified atom stereocenters. The van der Waals surface area contributed by atoms with Crippen LogP contribution in [0.1, 0.15) is 38.7 Å². The number of aryl methyl sites for hydroxylation is 1. The third-order valence-electron chi connectivity index (χ3n) is 4.32. The fourth-order valence-electron chi connectivity index (χ4n) is 2.69. The highest BCUT2D eigenvalue weighted by atomic mass is 127. The van der Waals surface area contributed by atoms with Crippen LogP contribution in [0, 0.1) is 0 Å². The van der Waals surface area contributed by atoms with Crippen LogP contribution in [0.3, 0.4) is 0 Å². The van der Waals surface area contributed by atoms with Crippen molar-refractivity contribution < 1.29 is 17.9 Å². The topological polar surface area (TPSA) is 76.4 Å². The molecule has 0 aliphatic rings. The number of alkyl halides is 3. The fourth-order valence-corrected chi connectivity index (χ4v) is 2.69. The van der Waals surface area contributed by atoms with Gasteiger partial charge in [0.05, 0.1) is 12.1 Å². The van der Waals surface area contributed by atoms with Crippen LogP contribution in [0.25, 0.3) is 0 Å². The maximum Gasteiger partial charge on any atom is 0.416 e. The van der Waals surface area contributed by atoms with Gasteiger partial charge in [0.25, 0.3) is 0 Å². The van der Waals surface area contributed by atoms with Gasteiger partial charge in [-0.05, 0) is 44.4 Å². The molecule has 1 aromatic carbocycles. The Kier molecular flexibility index (Phi) is 12.3. The molecule has 31 heavy (non-hydrogen) atoms. The lowest BCUT2D eigenvalue weighted by Crippen LogP contribution is -2.38. The number of benzene rings is 1. The Morgan fingerprint density at radius 1 is 1.16 bits per heavy atom. The van der Waals surface area contributed by atoms with Gasteiger partial charge < -0.3 is 19.9 Å². The quantitative estimate of drug-likeness (QED) is 0.189. The molecule has 0 bridgehead atoms. The summed E-state index contributed by atoms with van der Waals surface area (Å²) in [7, 11) is 0. The van der Waals surface area contributed by atoms with Gasteiger partial charge in [-0.3, -0.25) is 0 Å². The number of aliphatic imine (C=N–C) groups is 1. The van der Waals surface area contributed by atoms with Gasteiger partial charge in [-0.1, -0.05) is 13.0 Å². The second kappa shape index (κ2) is 14.1. The molecule has 7 nitrogen and oxygen atoms in total. The van der Waals surface area contributed by atoms with Crippen LogP contribution in [0.2, 0.25) is 0 Å². The summed E-state index contributed by atoms with van der Waals surface area (Å²) in [5, 5.41) is 14.0. The molecule has 0 aliphatic heterocycles.